The first-order chi connectivity index (χ1) is 9.91. The molecule has 1 aromatic carbocycles. The Morgan fingerprint density at radius 2 is 2.10 bits per heavy atom. The molecule has 0 radical (unpaired) electrons. The zero-order chi connectivity index (χ0) is 15.6. The fourth-order valence-electron chi connectivity index (χ4n) is 3.15. The molecule has 0 aromatic heterocycles. The monoisotopic (exact) mass is 377 g/mol. The van der Waals surface area contributed by atoms with E-state index in [1.165, 1.54) is 0 Å². The Balaban J connectivity index is 2.35. The van der Waals surface area contributed by atoms with Crippen LogP contribution in [0.1, 0.15) is 51.1 Å². The van der Waals surface area contributed by atoms with E-state index < -0.39 is 17.5 Å². The van der Waals surface area contributed by atoms with Gasteiger partial charge in [0, 0.05) is 16.6 Å². The van der Waals surface area contributed by atoms with Gasteiger partial charge in [0.25, 0.3) is 0 Å². The van der Waals surface area contributed by atoms with E-state index in [1.54, 1.807) is 12.1 Å². The Labute approximate surface area is 139 Å². The van der Waals surface area contributed by atoms with Crippen molar-refractivity contribution in [2.45, 2.75) is 51.2 Å². The smallest absolute Gasteiger partial charge is 0.147 e. The molecule has 1 saturated carbocycles. The van der Waals surface area contributed by atoms with Crippen molar-refractivity contribution in [1.29, 1.82) is 0 Å². The molecule has 0 heterocycles. The van der Waals surface area contributed by atoms with Gasteiger partial charge in [0.15, 0.2) is 0 Å². The molecule has 2 nitrogen and oxygen atoms in total. The van der Waals surface area contributed by atoms with Crippen molar-refractivity contribution in [2.24, 2.45) is 11.7 Å². The lowest BCUT2D eigenvalue weighted by Gasteiger charge is -2.43. The first-order valence-electron chi connectivity index (χ1n) is 7.44. The molecule has 1 aliphatic carbocycles. The summed E-state index contributed by atoms with van der Waals surface area (Å²) in [6, 6.07) is 2.94. The summed E-state index contributed by atoms with van der Waals surface area (Å²) in [7, 11) is 0. The van der Waals surface area contributed by atoms with Crippen molar-refractivity contribution >= 4 is 27.5 Å². The fourth-order valence-corrected chi connectivity index (χ4v) is 3.63. The van der Waals surface area contributed by atoms with E-state index in [1.807, 2.05) is 6.92 Å². The molecule has 0 aliphatic heterocycles. The van der Waals surface area contributed by atoms with Gasteiger partial charge in [-0.15, -0.1) is 0 Å². The van der Waals surface area contributed by atoms with E-state index in [2.05, 4.69) is 22.9 Å². The molecule has 0 saturated heterocycles. The largest absolute Gasteiger partial charge is 0.373 e. The van der Waals surface area contributed by atoms with Gasteiger partial charge >= 0.3 is 0 Å². The van der Waals surface area contributed by atoms with Crippen LogP contribution < -0.4 is 5.73 Å². The molecule has 1 fully saturated rings. The Kier molecular flexibility index (Phi) is 5.69. The summed E-state index contributed by atoms with van der Waals surface area (Å²) in [5.74, 6) is 0.223. The van der Waals surface area contributed by atoms with Gasteiger partial charge in [0.05, 0.1) is 16.7 Å². The molecular weight excluding hydrogens is 357 g/mol. The van der Waals surface area contributed by atoms with Gasteiger partial charge in [-0.05, 0) is 60.5 Å². The minimum atomic E-state index is -0.504. The van der Waals surface area contributed by atoms with Gasteiger partial charge in [-0.2, -0.15) is 0 Å². The number of rotatable bonds is 4. The van der Waals surface area contributed by atoms with Crippen LogP contribution in [0.15, 0.2) is 16.6 Å². The van der Waals surface area contributed by atoms with Gasteiger partial charge in [0.2, 0.25) is 0 Å². The second-order valence-electron chi connectivity index (χ2n) is 5.92. The van der Waals surface area contributed by atoms with Crippen molar-refractivity contribution in [3.8, 4) is 0 Å². The van der Waals surface area contributed by atoms with Crippen molar-refractivity contribution in [2.75, 3.05) is 6.61 Å². The van der Waals surface area contributed by atoms with Crippen LogP contribution in [0.2, 0.25) is 5.02 Å². The number of hydrogen-bond acceptors (Lipinski definition) is 2. The van der Waals surface area contributed by atoms with Gasteiger partial charge in [-0.25, -0.2) is 4.39 Å². The molecule has 1 unspecified atom stereocenters. The number of hydrogen-bond donors (Lipinski definition) is 1. The summed E-state index contributed by atoms with van der Waals surface area (Å²) >= 11 is 9.23. The summed E-state index contributed by atoms with van der Waals surface area (Å²) in [6.07, 6.45) is 3.83. The highest BCUT2D eigenvalue weighted by molar-refractivity contribution is 9.10. The summed E-state index contributed by atoms with van der Waals surface area (Å²) in [6.45, 7) is 4.77. The lowest BCUT2D eigenvalue weighted by molar-refractivity contribution is -0.0902. The Morgan fingerprint density at radius 3 is 2.67 bits per heavy atom. The first-order valence-corrected chi connectivity index (χ1v) is 8.61. The maximum absolute atomic E-state index is 14.5. The molecule has 2 N–H and O–H groups in total. The van der Waals surface area contributed by atoms with Crippen molar-refractivity contribution in [3.63, 3.8) is 0 Å². The van der Waals surface area contributed by atoms with Crippen LogP contribution >= 0.6 is 27.5 Å². The van der Waals surface area contributed by atoms with E-state index in [9.17, 15) is 4.39 Å². The van der Waals surface area contributed by atoms with E-state index in [4.69, 9.17) is 22.1 Å². The highest BCUT2D eigenvalue weighted by Gasteiger charge is 2.42. The van der Waals surface area contributed by atoms with Crippen LogP contribution in [0.5, 0.6) is 0 Å². The molecule has 2 rings (SSSR count). The maximum atomic E-state index is 14.5. The number of halogens is 3. The molecular formula is C16H22BrClFNO. The molecule has 118 valence electrons. The molecule has 1 aliphatic rings. The molecule has 5 heteroatoms. The lowest BCUT2D eigenvalue weighted by Crippen LogP contribution is -2.46. The SMILES string of the molecule is CCOC1(C(N)c2ccc(Br)c(Cl)c2F)CCC(C)CC1. The minimum absolute atomic E-state index is 0.0822. The standard InChI is InChI=1S/C16H22BrClFNO/c1-3-21-16(8-6-10(2)7-9-16)15(20)11-4-5-12(17)13(18)14(11)19/h4-5,10,15H,3,6-9,20H2,1-2H3. The van der Waals surface area contributed by atoms with Gasteiger partial charge in [0.1, 0.15) is 5.82 Å². The third kappa shape index (κ3) is 3.44. The molecule has 0 spiro atoms. The van der Waals surface area contributed by atoms with E-state index >= 15 is 0 Å². The highest BCUT2D eigenvalue weighted by Crippen LogP contribution is 2.43. The average Bonchev–Trinajstić information content (AvgIpc) is 2.47. The van der Waals surface area contributed by atoms with Gasteiger partial charge in [-0.3, -0.25) is 0 Å². The highest BCUT2D eigenvalue weighted by atomic mass is 79.9. The normalized spacial score (nSPS) is 27.6. The summed E-state index contributed by atoms with van der Waals surface area (Å²) in [4.78, 5) is 0. The summed E-state index contributed by atoms with van der Waals surface area (Å²) in [5, 5.41) is 0.0822. The zero-order valence-electron chi connectivity index (χ0n) is 12.5. The van der Waals surface area contributed by atoms with E-state index in [0.29, 0.717) is 22.6 Å². The van der Waals surface area contributed by atoms with E-state index in [-0.39, 0.29) is 5.02 Å². The Hall–Kier alpha value is -0.160. The predicted molar refractivity (Wildman–Crippen MR) is 88.0 cm³/mol. The van der Waals surface area contributed by atoms with Crippen LogP contribution in [0, 0.1) is 11.7 Å². The van der Waals surface area contributed by atoms with Gasteiger partial charge in [-0.1, -0.05) is 24.6 Å². The summed E-state index contributed by atoms with van der Waals surface area (Å²) in [5.41, 5.74) is 6.37. The molecule has 1 atom stereocenters. The Morgan fingerprint density at radius 1 is 1.48 bits per heavy atom. The number of ether oxygens (including phenoxy) is 1. The maximum Gasteiger partial charge on any atom is 0.147 e. The minimum Gasteiger partial charge on any atom is -0.373 e. The topological polar surface area (TPSA) is 35.2 Å². The molecule has 1 aromatic rings. The quantitative estimate of drug-likeness (QED) is 0.728. The first kappa shape index (κ1) is 17.2. The predicted octanol–water partition coefficient (Wildman–Crippen LogP) is 5.23. The van der Waals surface area contributed by atoms with Crippen LogP contribution in [-0.4, -0.2) is 12.2 Å². The van der Waals surface area contributed by atoms with Gasteiger partial charge < -0.3 is 10.5 Å². The van der Waals surface area contributed by atoms with Crippen molar-refractivity contribution < 1.29 is 9.13 Å². The average molecular weight is 379 g/mol. The second kappa shape index (κ2) is 6.95. The van der Waals surface area contributed by atoms with E-state index in [0.717, 1.165) is 25.7 Å². The molecule has 21 heavy (non-hydrogen) atoms. The van der Waals surface area contributed by atoms with Crippen LogP contribution in [-0.2, 0) is 4.74 Å². The third-order valence-electron chi connectivity index (χ3n) is 4.52. The summed E-state index contributed by atoms with van der Waals surface area (Å²) < 4.78 is 21.0. The van der Waals surface area contributed by atoms with Crippen molar-refractivity contribution in [1.82, 2.24) is 0 Å². The van der Waals surface area contributed by atoms with Crippen LogP contribution in [0.4, 0.5) is 4.39 Å². The van der Waals surface area contributed by atoms with Crippen LogP contribution in [0.25, 0.3) is 0 Å². The number of nitrogens with two attached hydrogens (primary N) is 1. The third-order valence-corrected chi connectivity index (χ3v) is 5.78. The fraction of sp³-hybridized carbons (Fsp3) is 0.625. The lowest BCUT2D eigenvalue weighted by atomic mass is 9.73. The number of benzene rings is 1. The van der Waals surface area contributed by atoms with Crippen LogP contribution in [0.3, 0.4) is 0 Å². The van der Waals surface area contributed by atoms with Crippen molar-refractivity contribution in [3.05, 3.63) is 33.0 Å². The molecule has 0 bridgehead atoms. The Bertz CT molecular complexity index is 503. The second-order valence-corrected chi connectivity index (χ2v) is 7.15. The zero-order valence-corrected chi connectivity index (χ0v) is 14.8. The molecule has 0 amide bonds.